The molecular formula is C15H19FN2O2. The van der Waals surface area contributed by atoms with Gasteiger partial charge in [0.05, 0.1) is 12.3 Å². The normalized spacial score (nSPS) is 29.9. The second-order valence-corrected chi connectivity index (χ2v) is 5.73. The molecule has 1 aromatic rings. The minimum Gasteiger partial charge on any atom is -0.393 e. The van der Waals surface area contributed by atoms with Crippen molar-refractivity contribution in [2.45, 2.75) is 44.2 Å². The Labute approximate surface area is 117 Å². The van der Waals surface area contributed by atoms with Crippen molar-refractivity contribution in [3.05, 3.63) is 29.8 Å². The summed E-state index contributed by atoms with van der Waals surface area (Å²) in [5.41, 5.74) is 0.283. The first-order valence-electron chi connectivity index (χ1n) is 7.27. The molecule has 5 heteroatoms. The van der Waals surface area contributed by atoms with Crippen LogP contribution in [0.3, 0.4) is 0 Å². The Balaban J connectivity index is 1.78. The maximum atomic E-state index is 12.9. The minimum atomic E-state index is -0.439. The van der Waals surface area contributed by atoms with Gasteiger partial charge in [0.25, 0.3) is 5.91 Å². The largest absolute Gasteiger partial charge is 0.393 e. The van der Waals surface area contributed by atoms with Crippen LogP contribution in [0.1, 0.15) is 42.6 Å². The van der Waals surface area contributed by atoms with Gasteiger partial charge in [-0.3, -0.25) is 4.79 Å². The third-order valence-electron chi connectivity index (χ3n) is 4.53. The summed E-state index contributed by atoms with van der Waals surface area (Å²) < 4.78 is 12.9. The van der Waals surface area contributed by atoms with E-state index >= 15 is 0 Å². The van der Waals surface area contributed by atoms with Gasteiger partial charge in [0.1, 0.15) is 11.5 Å². The van der Waals surface area contributed by atoms with Crippen LogP contribution in [0.4, 0.5) is 4.39 Å². The van der Waals surface area contributed by atoms with Crippen LogP contribution >= 0.6 is 0 Å². The summed E-state index contributed by atoms with van der Waals surface area (Å²) in [5, 5.41) is 10.1. The summed E-state index contributed by atoms with van der Waals surface area (Å²) in [5.74, 6) is -0.403. The van der Waals surface area contributed by atoms with E-state index in [4.69, 9.17) is 0 Å². The average molecular weight is 278 g/mol. The maximum absolute atomic E-state index is 12.9. The third-order valence-corrected chi connectivity index (χ3v) is 4.53. The topological polar surface area (TPSA) is 53.4 Å². The quantitative estimate of drug-likeness (QED) is 0.900. The molecule has 2 heterocycles. The molecule has 3 unspecified atom stereocenters. The van der Waals surface area contributed by atoms with Gasteiger partial charge in [-0.1, -0.05) is 6.42 Å². The number of aromatic nitrogens is 1. The van der Waals surface area contributed by atoms with Gasteiger partial charge >= 0.3 is 0 Å². The monoisotopic (exact) mass is 278 g/mol. The van der Waals surface area contributed by atoms with Gasteiger partial charge in [0, 0.05) is 18.5 Å². The second kappa shape index (κ2) is 5.48. The Hall–Kier alpha value is -1.49. The van der Waals surface area contributed by atoms with Gasteiger partial charge in [0.15, 0.2) is 0 Å². The lowest BCUT2D eigenvalue weighted by atomic mass is 9.94. The summed E-state index contributed by atoms with van der Waals surface area (Å²) in [4.78, 5) is 18.2. The lowest BCUT2D eigenvalue weighted by Gasteiger charge is -2.31. The van der Waals surface area contributed by atoms with E-state index in [1.165, 1.54) is 12.1 Å². The molecule has 108 valence electrons. The van der Waals surface area contributed by atoms with E-state index in [0.29, 0.717) is 6.54 Å². The zero-order valence-corrected chi connectivity index (χ0v) is 11.3. The van der Waals surface area contributed by atoms with Gasteiger partial charge in [-0.05, 0) is 37.8 Å². The highest BCUT2D eigenvalue weighted by atomic mass is 19.1. The highest BCUT2D eigenvalue weighted by Crippen LogP contribution is 2.36. The van der Waals surface area contributed by atoms with Gasteiger partial charge in [0.2, 0.25) is 0 Å². The first-order valence-corrected chi connectivity index (χ1v) is 7.27. The van der Waals surface area contributed by atoms with E-state index in [-0.39, 0.29) is 29.7 Å². The fraction of sp³-hybridized carbons (Fsp3) is 0.600. The molecule has 0 bridgehead atoms. The number of nitrogens with zero attached hydrogens (tertiary/aromatic N) is 2. The van der Waals surface area contributed by atoms with Gasteiger partial charge < -0.3 is 10.0 Å². The third kappa shape index (κ3) is 2.42. The zero-order chi connectivity index (χ0) is 14.1. The predicted molar refractivity (Wildman–Crippen MR) is 71.6 cm³/mol. The maximum Gasteiger partial charge on any atom is 0.272 e. The Bertz CT molecular complexity index is 491. The van der Waals surface area contributed by atoms with E-state index < -0.39 is 5.82 Å². The van der Waals surface area contributed by atoms with Crippen molar-refractivity contribution >= 4 is 5.91 Å². The standard InChI is InChI=1S/C15H19FN2O2/c16-10-6-7-12(17-9-10)15(20)18-8-2-4-13(18)11-3-1-5-14(11)19/h6-7,9,11,13-14,19H,1-5,8H2. The molecule has 1 saturated heterocycles. The fourth-order valence-corrected chi connectivity index (χ4v) is 3.56. The molecule has 4 nitrogen and oxygen atoms in total. The van der Waals surface area contributed by atoms with Crippen molar-refractivity contribution in [3.8, 4) is 0 Å². The number of rotatable bonds is 2. The smallest absolute Gasteiger partial charge is 0.272 e. The summed E-state index contributed by atoms with van der Waals surface area (Å²) in [6.07, 6.45) is 5.51. The highest BCUT2D eigenvalue weighted by molar-refractivity contribution is 5.92. The van der Waals surface area contributed by atoms with Crippen LogP contribution in [0.15, 0.2) is 18.3 Å². The average Bonchev–Trinajstić information content (AvgIpc) is 3.07. The number of hydrogen-bond donors (Lipinski definition) is 1. The van der Waals surface area contributed by atoms with Crippen molar-refractivity contribution in [3.63, 3.8) is 0 Å². The number of amides is 1. The number of aliphatic hydroxyl groups excluding tert-OH is 1. The number of halogens is 1. The van der Waals surface area contributed by atoms with Crippen LogP contribution in [0.25, 0.3) is 0 Å². The lowest BCUT2D eigenvalue weighted by Crippen LogP contribution is -2.42. The van der Waals surface area contributed by atoms with Crippen LogP contribution in [0.2, 0.25) is 0 Å². The van der Waals surface area contributed by atoms with Crippen molar-refractivity contribution < 1.29 is 14.3 Å². The molecule has 20 heavy (non-hydrogen) atoms. The molecule has 1 aromatic heterocycles. The van der Waals surface area contributed by atoms with Gasteiger partial charge in [-0.15, -0.1) is 0 Å². The SMILES string of the molecule is O=C(c1ccc(F)cn1)N1CCCC1C1CCCC1O. The molecule has 0 spiro atoms. The molecule has 3 atom stereocenters. The minimum absolute atomic E-state index is 0.104. The number of carbonyl (C=O) groups excluding carboxylic acids is 1. The zero-order valence-electron chi connectivity index (χ0n) is 11.3. The van der Waals surface area contributed by atoms with Crippen molar-refractivity contribution in [2.24, 2.45) is 5.92 Å². The van der Waals surface area contributed by atoms with E-state index in [0.717, 1.165) is 38.3 Å². The molecule has 1 saturated carbocycles. The molecule has 2 aliphatic rings. The van der Waals surface area contributed by atoms with Crippen molar-refractivity contribution in [2.75, 3.05) is 6.54 Å². The Morgan fingerprint density at radius 3 is 2.80 bits per heavy atom. The van der Waals surface area contributed by atoms with E-state index in [9.17, 15) is 14.3 Å². The van der Waals surface area contributed by atoms with E-state index in [2.05, 4.69) is 4.98 Å². The number of carbonyl (C=O) groups is 1. The van der Waals surface area contributed by atoms with Crippen LogP contribution in [-0.4, -0.2) is 39.6 Å². The molecule has 1 amide bonds. The highest BCUT2D eigenvalue weighted by Gasteiger charge is 2.40. The van der Waals surface area contributed by atoms with Crippen LogP contribution in [-0.2, 0) is 0 Å². The van der Waals surface area contributed by atoms with Crippen LogP contribution in [0.5, 0.6) is 0 Å². The summed E-state index contributed by atoms with van der Waals surface area (Å²) in [6, 6.07) is 2.79. The number of aliphatic hydroxyl groups is 1. The van der Waals surface area contributed by atoms with E-state index in [1.54, 1.807) is 0 Å². The molecular weight excluding hydrogens is 259 g/mol. The van der Waals surface area contributed by atoms with Crippen LogP contribution < -0.4 is 0 Å². The summed E-state index contributed by atoms with van der Waals surface area (Å²) >= 11 is 0. The number of pyridine rings is 1. The molecule has 1 N–H and O–H groups in total. The second-order valence-electron chi connectivity index (χ2n) is 5.73. The Morgan fingerprint density at radius 2 is 2.15 bits per heavy atom. The Morgan fingerprint density at radius 1 is 1.30 bits per heavy atom. The van der Waals surface area contributed by atoms with Crippen LogP contribution in [0, 0.1) is 11.7 Å². The van der Waals surface area contributed by atoms with Gasteiger partial charge in [-0.25, -0.2) is 9.37 Å². The Kier molecular flexibility index (Phi) is 3.70. The lowest BCUT2D eigenvalue weighted by molar-refractivity contribution is 0.0523. The summed E-state index contributed by atoms with van der Waals surface area (Å²) in [7, 11) is 0. The molecule has 0 radical (unpaired) electrons. The first kappa shape index (κ1) is 13.5. The first-order chi connectivity index (χ1) is 9.66. The molecule has 1 aliphatic carbocycles. The predicted octanol–water partition coefficient (Wildman–Crippen LogP) is 1.99. The molecule has 3 rings (SSSR count). The summed E-state index contributed by atoms with van der Waals surface area (Å²) in [6.45, 7) is 0.700. The van der Waals surface area contributed by atoms with Gasteiger partial charge in [-0.2, -0.15) is 0 Å². The molecule has 0 aromatic carbocycles. The fourth-order valence-electron chi connectivity index (χ4n) is 3.56. The van der Waals surface area contributed by atoms with Crippen molar-refractivity contribution in [1.82, 2.24) is 9.88 Å². The number of hydrogen-bond acceptors (Lipinski definition) is 3. The van der Waals surface area contributed by atoms with E-state index in [1.807, 2.05) is 4.90 Å². The molecule has 2 fully saturated rings. The van der Waals surface area contributed by atoms with Crippen molar-refractivity contribution in [1.29, 1.82) is 0 Å². The molecule has 1 aliphatic heterocycles. The number of likely N-dealkylation sites (tertiary alicyclic amines) is 1.